The van der Waals surface area contributed by atoms with Crippen molar-refractivity contribution in [1.29, 1.82) is 0 Å². The molecule has 0 aromatic rings. The zero-order valence-electron chi connectivity index (χ0n) is 9.13. The van der Waals surface area contributed by atoms with E-state index in [1.165, 1.54) is 11.1 Å². The van der Waals surface area contributed by atoms with E-state index in [0.717, 1.165) is 24.3 Å². The molecule has 0 heterocycles. The molecule has 0 aromatic carbocycles. The topological polar surface area (TPSA) is 0 Å². The van der Waals surface area contributed by atoms with Crippen molar-refractivity contribution >= 4 is 42.3 Å². The van der Waals surface area contributed by atoms with Gasteiger partial charge in [0.2, 0.25) is 0 Å². The fourth-order valence-electron chi connectivity index (χ4n) is 1.20. The Labute approximate surface area is 116 Å². The first-order valence-corrected chi connectivity index (χ1v) is 15.3. The fraction of sp³-hybridized carbons (Fsp3) is 0.600. The van der Waals surface area contributed by atoms with E-state index < -0.39 is 17.9 Å². The van der Waals surface area contributed by atoms with Crippen LogP contribution in [0.2, 0.25) is 0 Å². The van der Waals surface area contributed by atoms with E-state index in [2.05, 4.69) is 46.7 Å². The first-order valence-electron chi connectivity index (χ1n) is 4.87. The van der Waals surface area contributed by atoms with E-state index in [1.54, 1.807) is 0 Å². The summed E-state index contributed by atoms with van der Waals surface area (Å²) in [5.74, 6) is 1.69. The molecule has 5 heteroatoms. The molecule has 0 saturated carbocycles. The molecule has 0 unspecified atom stereocenters. The van der Waals surface area contributed by atoms with Gasteiger partial charge in [-0.3, -0.25) is 0 Å². The van der Waals surface area contributed by atoms with Gasteiger partial charge in [0, 0.05) is 0 Å². The number of thiol groups is 2. The molecule has 0 amide bonds. The van der Waals surface area contributed by atoms with Gasteiger partial charge in [0.1, 0.15) is 0 Å². The van der Waals surface area contributed by atoms with Gasteiger partial charge in [-0.05, 0) is 0 Å². The van der Waals surface area contributed by atoms with Crippen LogP contribution in [0.4, 0.5) is 0 Å². The summed E-state index contributed by atoms with van der Waals surface area (Å²) < 4.78 is 4.16. The molecule has 0 bridgehead atoms. The van der Waals surface area contributed by atoms with Crippen molar-refractivity contribution in [3.8, 4) is 0 Å². The standard InChI is InChI=1S/2C5H9S.2ClH.Zr/c2*1-5(2)3-4-6;;;/h2*1,6H,3-4H2,2H3;2*1H;/q;;;;+2/p-2. The van der Waals surface area contributed by atoms with Crippen LogP contribution >= 0.6 is 42.3 Å². The van der Waals surface area contributed by atoms with Crippen LogP contribution in [-0.4, -0.2) is 11.5 Å². The molecule has 0 fully saturated rings. The van der Waals surface area contributed by atoms with Crippen LogP contribution in [0.15, 0.2) is 18.7 Å². The van der Waals surface area contributed by atoms with Gasteiger partial charge in [0.05, 0.1) is 0 Å². The molecule has 0 radical (unpaired) electrons. The molecule has 0 nitrogen and oxygen atoms in total. The monoisotopic (exact) mass is 362 g/mol. The second-order valence-corrected chi connectivity index (χ2v) is 17.8. The average Bonchev–Trinajstić information content (AvgIpc) is 2.01. The Hall–Kier alpha value is 1.64. The van der Waals surface area contributed by atoms with Crippen molar-refractivity contribution < 1.29 is 17.9 Å². The summed E-state index contributed by atoms with van der Waals surface area (Å²) in [7, 11) is 12.7. The minimum absolute atomic E-state index is 0.845. The number of hydrogen-bond donors (Lipinski definition) is 2. The molecular weight excluding hydrogens is 346 g/mol. The minimum atomic E-state index is -3.09. The molecule has 88 valence electrons. The SMILES string of the molecule is CC(=[CH][Zr]([Cl])([Cl])[CH]=C(C)CCS)CCS. The van der Waals surface area contributed by atoms with Gasteiger partial charge in [-0.25, -0.2) is 0 Å². The Kier molecular flexibility index (Phi) is 9.65. The third kappa shape index (κ3) is 9.35. The van der Waals surface area contributed by atoms with Crippen molar-refractivity contribution in [3.63, 3.8) is 0 Å². The maximum atomic E-state index is 6.37. The quantitative estimate of drug-likeness (QED) is 0.616. The number of rotatable bonds is 6. The Bertz CT molecular complexity index is 226. The van der Waals surface area contributed by atoms with Gasteiger partial charge < -0.3 is 0 Å². The van der Waals surface area contributed by atoms with E-state index in [4.69, 9.17) is 17.0 Å². The predicted octanol–water partition coefficient (Wildman–Crippen LogP) is 4.90. The Morgan fingerprint density at radius 2 is 1.33 bits per heavy atom. The number of halogens is 2. The van der Waals surface area contributed by atoms with Crippen LogP contribution in [0.5, 0.6) is 0 Å². The summed E-state index contributed by atoms with van der Waals surface area (Å²) in [6, 6.07) is 0. The second-order valence-electron chi connectivity index (χ2n) is 3.60. The van der Waals surface area contributed by atoms with Crippen LogP contribution in [0.3, 0.4) is 0 Å². The van der Waals surface area contributed by atoms with Crippen molar-refractivity contribution in [1.82, 2.24) is 0 Å². The Balaban J connectivity index is 4.53. The summed E-state index contributed by atoms with van der Waals surface area (Å²) in [6.07, 6.45) is 1.92. The molecule has 0 atom stereocenters. The van der Waals surface area contributed by atoms with E-state index in [9.17, 15) is 0 Å². The summed E-state index contributed by atoms with van der Waals surface area (Å²) in [5, 5.41) is 0. The Morgan fingerprint density at radius 1 is 1.00 bits per heavy atom. The zero-order valence-corrected chi connectivity index (χ0v) is 14.9. The summed E-state index contributed by atoms with van der Waals surface area (Å²) >= 11 is 5.27. The van der Waals surface area contributed by atoms with Gasteiger partial charge in [-0.15, -0.1) is 0 Å². The molecule has 0 aromatic heterocycles. The maximum absolute atomic E-state index is 6.37. The van der Waals surface area contributed by atoms with Gasteiger partial charge in [0.25, 0.3) is 0 Å². The van der Waals surface area contributed by atoms with E-state index in [-0.39, 0.29) is 0 Å². The van der Waals surface area contributed by atoms with Crippen LogP contribution < -0.4 is 0 Å². The summed E-state index contributed by atoms with van der Waals surface area (Å²) in [4.78, 5) is 0. The van der Waals surface area contributed by atoms with E-state index >= 15 is 0 Å². The number of allylic oxidation sites excluding steroid dienone is 2. The molecule has 0 aliphatic heterocycles. The van der Waals surface area contributed by atoms with Crippen LogP contribution in [-0.2, 0) is 17.9 Å². The normalized spacial score (nSPS) is 14.5. The molecule has 0 N–H and O–H groups in total. The van der Waals surface area contributed by atoms with E-state index in [1.807, 2.05) is 0 Å². The van der Waals surface area contributed by atoms with Crippen molar-refractivity contribution in [2.24, 2.45) is 0 Å². The third-order valence-electron chi connectivity index (χ3n) is 1.89. The summed E-state index contributed by atoms with van der Waals surface area (Å²) in [5.41, 5.74) is 2.50. The molecule has 0 rings (SSSR count). The van der Waals surface area contributed by atoms with Crippen LogP contribution in [0.25, 0.3) is 0 Å². The van der Waals surface area contributed by atoms with Crippen molar-refractivity contribution in [2.45, 2.75) is 26.7 Å². The molecule has 0 aliphatic rings. The fourth-order valence-corrected chi connectivity index (χ4v) is 10.5. The molecule has 0 aliphatic carbocycles. The third-order valence-corrected chi connectivity index (χ3v) is 9.23. The predicted molar refractivity (Wildman–Crippen MR) is 76.2 cm³/mol. The van der Waals surface area contributed by atoms with Gasteiger partial charge in [-0.1, -0.05) is 0 Å². The molecule has 0 spiro atoms. The van der Waals surface area contributed by atoms with Crippen molar-refractivity contribution in [2.75, 3.05) is 11.5 Å². The molecule has 15 heavy (non-hydrogen) atoms. The van der Waals surface area contributed by atoms with Gasteiger partial charge in [0.15, 0.2) is 0 Å². The first-order chi connectivity index (χ1) is 6.91. The first kappa shape index (κ1) is 16.6. The van der Waals surface area contributed by atoms with Crippen molar-refractivity contribution in [3.05, 3.63) is 18.7 Å². The Morgan fingerprint density at radius 3 is 1.60 bits per heavy atom. The van der Waals surface area contributed by atoms with Gasteiger partial charge in [-0.2, -0.15) is 0 Å². The van der Waals surface area contributed by atoms with Crippen LogP contribution in [0, 0.1) is 0 Å². The average molecular weight is 365 g/mol. The zero-order chi connectivity index (χ0) is 11.9. The van der Waals surface area contributed by atoms with Crippen LogP contribution in [0.1, 0.15) is 26.7 Å². The summed E-state index contributed by atoms with van der Waals surface area (Å²) in [6.45, 7) is 4.13. The molecular formula is C10H18Cl2S2Zr. The molecule has 0 saturated heterocycles. The van der Waals surface area contributed by atoms with Gasteiger partial charge >= 0.3 is 117 Å². The number of hydrogen-bond acceptors (Lipinski definition) is 2. The van der Waals surface area contributed by atoms with E-state index in [0.29, 0.717) is 0 Å². The second kappa shape index (κ2) is 8.69.